The first kappa shape index (κ1) is 23.1. The van der Waals surface area contributed by atoms with Crippen LogP contribution in [-0.4, -0.2) is 40.2 Å². The maximum absolute atomic E-state index is 12.6. The summed E-state index contributed by atoms with van der Waals surface area (Å²) in [4.78, 5) is 15.0. The van der Waals surface area contributed by atoms with Crippen LogP contribution in [0.2, 0.25) is 0 Å². The van der Waals surface area contributed by atoms with Crippen molar-refractivity contribution >= 4 is 27.3 Å². The number of hydrogen-bond acceptors (Lipinski definition) is 4. The van der Waals surface area contributed by atoms with E-state index in [0.717, 1.165) is 30.5 Å². The van der Waals surface area contributed by atoms with Crippen molar-refractivity contribution in [3.8, 4) is 0 Å². The lowest BCUT2D eigenvalue weighted by Crippen LogP contribution is -2.40. The molecular weight excluding hydrogens is 410 g/mol. The Morgan fingerprint density at radius 3 is 2.29 bits per heavy atom. The molecule has 1 heterocycles. The van der Waals surface area contributed by atoms with Crippen LogP contribution in [-0.2, 0) is 21.4 Å². The van der Waals surface area contributed by atoms with Crippen LogP contribution in [0.4, 0.5) is 11.4 Å². The molecule has 2 aromatic carbocycles. The third-order valence-electron chi connectivity index (χ3n) is 5.66. The van der Waals surface area contributed by atoms with Crippen LogP contribution in [0.25, 0.3) is 0 Å². The monoisotopic (exact) mass is 443 g/mol. The average molecular weight is 444 g/mol. The van der Waals surface area contributed by atoms with Gasteiger partial charge in [0.1, 0.15) is 6.54 Å². The number of anilines is 2. The largest absolute Gasteiger partial charge is 0.372 e. The molecule has 0 aliphatic carbocycles. The van der Waals surface area contributed by atoms with E-state index in [4.69, 9.17) is 0 Å². The van der Waals surface area contributed by atoms with Crippen LogP contribution in [0.3, 0.4) is 0 Å². The summed E-state index contributed by atoms with van der Waals surface area (Å²) in [7, 11) is -3.60. The van der Waals surface area contributed by atoms with E-state index in [9.17, 15) is 13.2 Å². The van der Waals surface area contributed by atoms with Gasteiger partial charge in [-0.3, -0.25) is 9.10 Å². The molecule has 1 N–H and O–H groups in total. The van der Waals surface area contributed by atoms with Gasteiger partial charge in [-0.1, -0.05) is 44.2 Å². The molecular formula is C24H33N3O3S. The van der Waals surface area contributed by atoms with Crippen LogP contribution in [0.5, 0.6) is 0 Å². The highest BCUT2D eigenvalue weighted by Gasteiger charge is 2.23. The van der Waals surface area contributed by atoms with E-state index in [1.807, 2.05) is 38.1 Å². The molecule has 3 rings (SSSR count). The Balaban J connectivity index is 1.64. The quantitative estimate of drug-likeness (QED) is 0.672. The van der Waals surface area contributed by atoms with E-state index in [0.29, 0.717) is 12.2 Å². The fraction of sp³-hybridized carbons (Fsp3) is 0.458. The van der Waals surface area contributed by atoms with E-state index >= 15 is 0 Å². The molecule has 2 aromatic rings. The van der Waals surface area contributed by atoms with Gasteiger partial charge in [0.15, 0.2) is 0 Å². The summed E-state index contributed by atoms with van der Waals surface area (Å²) in [6, 6.07) is 15.6. The topological polar surface area (TPSA) is 69.7 Å². The van der Waals surface area contributed by atoms with Crippen LogP contribution in [0, 0.1) is 0 Å². The van der Waals surface area contributed by atoms with Gasteiger partial charge in [-0.25, -0.2) is 8.42 Å². The van der Waals surface area contributed by atoms with Gasteiger partial charge in [-0.15, -0.1) is 0 Å². The first-order valence-corrected chi connectivity index (χ1v) is 12.8. The highest BCUT2D eigenvalue weighted by atomic mass is 32.2. The average Bonchev–Trinajstić information content (AvgIpc) is 2.76. The molecule has 0 bridgehead atoms. The van der Waals surface area contributed by atoms with Gasteiger partial charge in [0, 0.05) is 25.3 Å². The fourth-order valence-electron chi connectivity index (χ4n) is 3.95. The van der Waals surface area contributed by atoms with E-state index < -0.39 is 10.0 Å². The van der Waals surface area contributed by atoms with Crippen molar-refractivity contribution in [3.63, 3.8) is 0 Å². The number of carbonyl (C=O) groups excluding carboxylic acids is 1. The number of hydrogen-bond donors (Lipinski definition) is 1. The fourth-order valence-corrected chi connectivity index (χ4v) is 4.82. The predicted molar refractivity (Wildman–Crippen MR) is 127 cm³/mol. The number of sulfonamides is 1. The molecule has 0 saturated carbocycles. The summed E-state index contributed by atoms with van der Waals surface area (Å²) in [6.07, 6.45) is 4.90. The predicted octanol–water partition coefficient (Wildman–Crippen LogP) is 3.88. The van der Waals surface area contributed by atoms with Crippen LogP contribution < -0.4 is 14.5 Å². The van der Waals surface area contributed by atoms with E-state index in [1.165, 1.54) is 29.3 Å². The van der Waals surface area contributed by atoms with Gasteiger partial charge in [-0.05, 0) is 54.5 Å². The maximum atomic E-state index is 12.6. The van der Waals surface area contributed by atoms with E-state index in [2.05, 4.69) is 22.3 Å². The summed E-state index contributed by atoms with van der Waals surface area (Å²) < 4.78 is 26.1. The summed E-state index contributed by atoms with van der Waals surface area (Å²) >= 11 is 0. The number of amides is 1. The Labute approximate surface area is 186 Å². The second kappa shape index (κ2) is 10.2. The van der Waals surface area contributed by atoms with Crippen molar-refractivity contribution in [1.82, 2.24) is 5.32 Å². The lowest BCUT2D eigenvalue weighted by Gasteiger charge is -2.29. The van der Waals surface area contributed by atoms with Crippen molar-refractivity contribution in [2.75, 3.05) is 35.1 Å². The smallest absolute Gasteiger partial charge is 0.241 e. The highest BCUT2D eigenvalue weighted by molar-refractivity contribution is 7.92. The summed E-state index contributed by atoms with van der Waals surface area (Å²) in [5.74, 6) is -0.189. The zero-order valence-electron chi connectivity index (χ0n) is 18.7. The molecule has 0 atom stereocenters. The normalized spacial score (nSPS) is 14.5. The number of nitrogens with zero attached hydrogens (tertiary/aromatic N) is 2. The summed E-state index contributed by atoms with van der Waals surface area (Å²) in [5.41, 5.74) is 3.65. The van der Waals surface area contributed by atoms with Gasteiger partial charge >= 0.3 is 0 Å². The lowest BCUT2D eigenvalue weighted by molar-refractivity contribution is -0.119. The molecule has 1 aliphatic heterocycles. The minimum absolute atomic E-state index is 0.141. The van der Waals surface area contributed by atoms with Crippen LogP contribution >= 0.6 is 0 Å². The van der Waals surface area contributed by atoms with Gasteiger partial charge in [0.05, 0.1) is 11.9 Å². The molecule has 1 fully saturated rings. The number of carbonyl (C=O) groups is 1. The lowest BCUT2D eigenvalue weighted by atomic mass is 10.0. The molecule has 0 unspecified atom stereocenters. The van der Waals surface area contributed by atoms with Crippen molar-refractivity contribution in [3.05, 3.63) is 59.7 Å². The van der Waals surface area contributed by atoms with Crippen molar-refractivity contribution in [2.45, 2.75) is 45.6 Å². The minimum Gasteiger partial charge on any atom is -0.372 e. The van der Waals surface area contributed by atoms with Gasteiger partial charge < -0.3 is 10.2 Å². The first-order chi connectivity index (χ1) is 14.8. The Morgan fingerprint density at radius 1 is 1.03 bits per heavy atom. The van der Waals surface area contributed by atoms with Crippen LogP contribution in [0.15, 0.2) is 48.5 Å². The molecule has 1 aliphatic rings. The third-order valence-corrected chi connectivity index (χ3v) is 6.79. The zero-order chi connectivity index (χ0) is 22.4. The third kappa shape index (κ3) is 6.23. The zero-order valence-corrected chi connectivity index (χ0v) is 19.5. The Bertz CT molecular complexity index is 981. The molecule has 0 aromatic heterocycles. The minimum atomic E-state index is -3.60. The highest BCUT2D eigenvalue weighted by Crippen LogP contribution is 2.28. The van der Waals surface area contributed by atoms with E-state index in [1.54, 1.807) is 12.1 Å². The molecule has 1 amide bonds. The summed E-state index contributed by atoms with van der Waals surface area (Å²) in [6.45, 7) is 6.32. The van der Waals surface area contributed by atoms with Gasteiger partial charge in [-0.2, -0.15) is 0 Å². The number of nitrogens with one attached hydrogen (secondary N) is 1. The standard InChI is InChI=1S/C24H33N3O3S/c1-19(2)22-9-5-6-10-23(22)27(31(3,29)30)18-24(28)25-17-20-11-13-21(14-12-20)26-15-7-4-8-16-26/h5-6,9-14,19H,4,7-8,15-18H2,1-3H3,(H,25,28). The Kier molecular flexibility index (Phi) is 7.59. The number of para-hydroxylation sites is 1. The van der Waals surface area contributed by atoms with Crippen molar-refractivity contribution in [2.24, 2.45) is 0 Å². The van der Waals surface area contributed by atoms with E-state index in [-0.39, 0.29) is 18.4 Å². The molecule has 0 spiro atoms. The molecule has 6 nitrogen and oxygen atoms in total. The molecule has 168 valence electrons. The summed E-state index contributed by atoms with van der Waals surface area (Å²) in [5, 5.41) is 2.86. The second-order valence-electron chi connectivity index (χ2n) is 8.47. The maximum Gasteiger partial charge on any atom is 0.241 e. The van der Waals surface area contributed by atoms with Crippen molar-refractivity contribution in [1.29, 1.82) is 0 Å². The van der Waals surface area contributed by atoms with Crippen molar-refractivity contribution < 1.29 is 13.2 Å². The second-order valence-corrected chi connectivity index (χ2v) is 10.4. The molecule has 7 heteroatoms. The van der Waals surface area contributed by atoms with Crippen LogP contribution in [0.1, 0.15) is 50.2 Å². The Hall–Kier alpha value is -2.54. The molecule has 0 radical (unpaired) electrons. The number of piperidine rings is 1. The van der Waals surface area contributed by atoms with Gasteiger partial charge in [0.2, 0.25) is 15.9 Å². The molecule has 31 heavy (non-hydrogen) atoms. The first-order valence-electron chi connectivity index (χ1n) is 10.9. The molecule has 1 saturated heterocycles. The van der Waals surface area contributed by atoms with Gasteiger partial charge in [0.25, 0.3) is 0 Å². The number of benzene rings is 2. The SMILES string of the molecule is CC(C)c1ccccc1N(CC(=O)NCc1ccc(N2CCCCC2)cc1)S(C)(=O)=O. The Morgan fingerprint density at radius 2 is 1.68 bits per heavy atom. The number of rotatable bonds is 8.